The van der Waals surface area contributed by atoms with Crippen LogP contribution in [0, 0.1) is 0 Å². The van der Waals surface area contributed by atoms with Crippen molar-refractivity contribution >= 4 is 22.8 Å². The second-order valence-corrected chi connectivity index (χ2v) is 1.34. The van der Waals surface area contributed by atoms with Crippen LogP contribution in [0.3, 0.4) is 0 Å². The minimum absolute atomic E-state index is 0. The van der Waals surface area contributed by atoms with Crippen LogP contribution in [0.25, 0.3) is 0 Å². The molecule has 0 saturated carbocycles. The van der Waals surface area contributed by atoms with E-state index < -0.39 is 10.4 Å². The van der Waals surface area contributed by atoms with Crippen LogP contribution in [0.1, 0.15) is 0 Å². The van der Waals surface area contributed by atoms with E-state index in [0.29, 0.717) is 0 Å². The Morgan fingerprint density at radius 1 is 1.12 bits per heavy atom. The monoisotopic (exact) mass is 254 g/mol. The molecule has 0 fully saturated rings. The van der Waals surface area contributed by atoms with Crippen molar-refractivity contribution in [3.63, 3.8) is 0 Å². The maximum atomic E-state index is 8.74. The quantitative estimate of drug-likeness (QED) is 0.463. The van der Waals surface area contributed by atoms with Crippen molar-refractivity contribution in [2.45, 2.75) is 0 Å². The predicted octanol–water partition coefficient (Wildman–Crippen LogP) is -0.236. The Hall–Kier alpha value is 1.30. The van der Waals surface area contributed by atoms with E-state index in [1.165, 1.54) is 0 Å². The Kier molecular flexibility index (Phi) is 23.7. The van der Waals surface area contributed by atoms with E-state index in [0.717, 1.165) is 0 Å². The van der Waals surface area contributed by atoms with Gasteiger partial charge in [0.2, 0.25) is 0 Å². The Bertz CT molecular complexity index is 99.2. The molecule has 0 aromatic heterocycles. The molecular weight excluding hydrogens is 253 g/mol. The van der Waals surface area contributed by atoms with Gasteiger partial charge in [-0.2, -0.15) is 8.42 Å². The number of rotatable bonds is 0. The molecule has 0 bridgehead atoms. The smallest absolute Gasteiger partial charge is 0.264 e. The van der Waals surface area contributed by atoms with E-state index in [-0.39, 0.29) is 49.0 Å². The van der Waals surface area contributed by atoms with Gasteiger partial charge in [0.1, 0.15) is 0 Å². The first-order valence-corrected chi connectivity index (χ1v) is 2.10. The molecule has 0 radical (unpaired) electrons. The predicted molar refractivity (Wildman–Crippen MR) is 21.4 cm³/mol. The average molecular weight is 256 g/mol. The minimum atomic E-state index is -4.67. The topological polar surface area (TPSA) is 74.6 Å². The molecule has 0 rings (SSSR count). The molecule has 2 N–H and O–H groups in total. The summed E-state index contributed by atoms with van der Waals surface area (Å²) in [6.45, 7) is 0. The van der Waals surface area contributed by atoms with Gasteiger partial charge in [-0.3, -0.25) is 9.11 Å². The molecule has 8 heteroatoms. The third kappa shape index (κ3) is 171. The van der Waals surface area contributed by atoms with Crippen LogP contribution in [0.15, 0.2) is 0 Å². The van der Waals surface area contributed by atoms with Gasteiger partial charge in [-0.15, -0.1) is 12.4 Å². The zero-order valence-electron chi connectivity index (χ0n) is 3.59. The molecule has 50 valence electrons. The molecule has 8 heavy (non-hydrogen) atoms. The van der Waals surface area contributed by atoms with Crippen LogP contribution in [0.4, 0.5) is 0 Å². The van der Waals surface area contributed by atoms with Gasteiger partial charge in [-0.1, -0.05) is 0 Å². The van der Waals surface area contributed by atoms with E-state index in [9.17, 15) is 0 Å². The summed E-state index contributed by atoms with van der Waals surface area (Å²) in [7, 11) is -4.67. The molecule has 0 aliphatic heterocycles. The fourth-order valence-electron chi connectivity index (χ4n) is 0. The summed E-state index contributed by atoms with van der Waals surface area (Å²) in [5, 5.41) is 0. The molecule has 0 saturated heterocycles. The van der Waals surface area contributed by atoms with Crippen LogP contribution in [-0.2, 0) is 46.9 Å². The van der Waals surface area contributed by atoms with Gasteiger partial charge < -0.3 is 0 Å². The molecule has 0 aromatic carbocycles. The van der Waals surface area contributed by atoms with Crippen LogP contribution in [0.2, 0.25) is 0 Å². The molecule has 0 unspecified atom stereocenters. The van der Waals surface area contributed by atoms with E-state index in [4.69, 9.17) is 17.5 Å². The second-order valence-electron chi connectivity index (χ2n) is 0.448. The number of hydrogen-bond acceptors (Lipinski definition) is 2. The van der Waals surface area contributed by atoms with Gasteiger partial charge in [0.25, 0.3) is 0 Å². The van der Waals surface area contributed by atoms with E-state index in [2.05, 4.69) is 0 Å². The van der Waals surface area contributed by atoms with Crippen molar-refractivity contribution < 1.29 is 54.1 Å². The van der Waals surface area contributed by atoms with Crippen molar-refractivity contribution in [1.29, 1.82) is 0 Å². The Morgan fingerprint density at radius 2 is 1.12 bits per heavy atom. The summed E-state index contributed by atoms with van der Waals surface area (Å²) in [5.74, 6) is 0. The van der Waals surface area contributed by atoms with Crippen LogP contribution < -0.4 is 0 Å². The molecule has 0 aromatic rings. The van der Waals surface area contributed by atoms with Crippen molar-refractivity contribution in [1.82, 2.24) is 0 Å². The van der Waals surface area contributed by atoms with E-state index in [1.807, 2.05) is 0 Å². The summed E-state index contributed by atoms with van der Waals surface area (Å²) < 4.78 is 31.6. The number of hydrogen-bond donors (Lipinski definition) is 2. The Labute approximate surface area is 76.6 Å². The SMILES string of the molecule is Cl.O=S(=O)(O)O.[Fe].[Zn]. The normalized spacial score (nSPS) is 7.25. The van der Waals surface area contributed by atoms with Crippen LogP contribution >= 0.6 is 12.4 Å². The standard InChI is InChI=1S/ClH.Fe.H2O4S.Zn/c;;1-5(2,3)4;/h1H;;(H2,1,2,3,4);. The fourth-order valence-corrected chi connectivity index (χ4v) is 0. The summed E-state index contributed by atoms with van der Waals surface area (Å²) in [6.07, 6.45) is 0. The van der Waals surface area contributed by atoms with Crippen molar-refractivity contribution in [3.8, 4) is 0 Å². The maximum absolute atomic E-state index is 8.74. The molecule has 0 aliphatic carbocycles. The molecule has 0 amide bonds. The fraction of sp³-hybridized carbons (Fsp3) is 0. The van der Waals surface area contributed by atoms with Crippen molar-refractivity contribution in [2.75, 3.05) is 0 Å². The Morgan fingerprint density at radius 3 is 1.12 bits per heavy atom. The van der Waals surface area contributed by atoms with Crippen LogP contribution in [-0.4, -0.2) is 17.5 Å². The Balaban J connectivity index is -0.0000000267. The molecule has 0 aliphatic rings. The van der Waals surface area contributed by atoms with E-state index in [1.54, 1.807) is 0 Å². The molecule has 4 nitrogen and oxygen atoms in total. The summed E-state index contributed by atoms with van der Waals surface area (Å²) in [6, 6.07) is 0. The van der Waals surface area contributed by atoms with E-state index >= 15 is 0 Å². The largest absolute Gasteiger partial charge is 0.394 e. The van der Waals surface area contributed by atoms with Gasteiger partial charge in [-0.05, 0) is 0 Å². The average Bonchev–Trinajstić information content (AvgIpc) is 0.722. The van der Waals surface area contributed by atoms with Crippen molar-refractivity contribution in [3.05, 3.63) is 0 Å². The minimum Gasteiger partial charge on any atom is -0.264 e. The van der Waals surface area contributed by atoms with Gasteiger partial charge >= 0.3 is 10.4 Å². The summed E-state index contributed by atoms with van der Waals surface area (Å²) in [5.41, 5.74) is 0. The molecule has 0 spiro atoms. The summed E-state index contributed by atoms with van der Waals surface area (Å²) >= 11 is 0. The number of halogens is 1. The third-order valence-electron chi connectivity index (χ3n) is 0. The summed E-state index contributed by atoms with van der Waals surface area (Å²) in [4.78, 5) is 0. The first kappa shape index (κ1) is 22.8. The third-order valence-corrected chi connectivity index (χ3v) is 0. The maximum Gasteiger partial charge on any atom is 0.394 e. The first-order chi connectivity index (χ1) is 2.00. The van der Waals surface area contributed by atoms with Gasteiger partial charge in [0, 0.05) is 36.5 Å². The van der Waals surface area contributed by atoms with Crippen LogP contribution in [0.5, 0.6) is 0 Å². The zero-order chi connectivity index (χ0) is 4.50. The zero-order valence-corrected chi connectivity index (χ0v) is 9.29. The second kappa shape index (κ2) is 8.30. The van der Waals surface area contributed by atoms with Gasteiger partial charge in [-0.25, -0.2) is 0 Å². The molecule has 0 heterocycles. The first-order valence-electron chi connectivity index (χ1n) is 0.698. The van der Waals surface area contributed by atoms with Gasteiger partial charge in [0.15, 0.2) is 0 Å². The molecule has 0 atom stereocenters. The van der Waals surface area contributed by atoms with Gasteiger partial charge in [0.05, 0.1) is 0 Å². The molecular formula is H3ClFeO4SZn. The van der Waals surface area contributed by atoms with Crippen molar-refractivity contribution in [2.24, 2.45) is 0 Å².